The summed E-state index contributed by atoms with van der Waals surface area (Å²) in [6, 6.07) is 6.36. The van der Waals surface area contributed by atoms with E-state index in [1.165, 1.54) is 6.92 Å². The summed E-state index contributed by atoms with van der Waals surface area (Å²) in [4.78, 5) is 50.0. The molecule has 2 aromatic rings. The van der Waals surface area contributed by atoms with Crippen molar-refractivity contribution in [2.24, 2.45) is 0 Å². The Bertz CT molecular complexity index is 1020. The fourth-order valence-corrected chi connectivity index (χ4v) is 2.87. The molecule has 0 bridgehead atoms. The number of hydrogen-bond donors (Lipinski definition) is 4. The van der Waals surface area contributed by atoms with Gasteiger partial charge in [-0.1, -0.05) is 18.2 Å². The number of rotatable bonds is 6. The first kappa shape index (κ1) is 18.1. The van der Waals surface area contributed by atoms with Crippen molar-refractivity contribution in [3.05, 3.63) is 59.6 Å². The van der Waals surface area contributed by atoms with Crippen LogP contribution in [-0.4, -0.2) is 39.6 Å². The number of H-pyrrole nitrogens is 1. The predicted molar refractivity (Wildman–Crippen MR) is 96.6 cm³/mol. The summed E-state index contributed by atoms with van der Waals surface area (Å²) < 4.78 is 0. The highest BCUT2D eigenvalue weighted by Crippen LogP contribution is 2.20. The number of aromatic amines is 1. The molecular weight excluding hydrogens is 350 g/mol. The van der Waals surface area contributed by atoms with Crippen LogP contribution in [0.15, 0.2) is 54.0 Å². The third-order valence-electron chi connectivity index (χ3n) is 4.12. The molecule has 0 saturated carbocycles. The second-order valence-corrected chi connectivity index (χ2v) is 6.12. The molecule has 1 aliphatic rings. The van der Waals surface area contributed by atoms with Crippen LogP contribution in [0.2, 0.25) is 0 Å². The van der Waals surface area contributed by atoms with Gasteiger partial charge in [0.15, 0.2) is 0 Å². The van der Waals surface area contributed by atoms with Crippen LogP contribution in [0.1, 0.15) is 12.5 Å². The van der Waals surface area contributed by atoms with Gasteiger partial charge in [0.05, 0.1) is 11.4 Å². The summed E-state index contributed by atoms with van der Waals surface area (Å²) in [7, 11) is 0. The highest BCUT2D eigenvalue weighted by molar-refractivity contribution is 6.20. The first-order valence-electron chi connectivity index (χ1n) is 8.19. The van der Waals surface area contributed by atoms with Gasteiger partial charge in [0.1, 0.15) is 6.04 Å². The molecule has 0 fully saturated rings. The Morgan fingerprint density at radius 1 is 1.11 bits per heavy atom. The van der Waals surface area contributed by atoms with Crippen molar-refractivity contribution in [3.63, 3.8) is 0 Å². The van der Waals surface area contributed by atoms with E-state index in [0.717, 1.165) is 28.6 Å². The van der Waals surface area contributed by atoms with Crippen molar-refractivity contribution in [3.8, 4) is 0 Å². The average molecular weight is 367 g/mol. The number of carboxylic acid groups (broad SMARTS) is 1. The number of benzene rings is 1. The van der Waals surface area contributed by atoms with E-state index in [1.807, 2.05) is 24.3 Å². The molecule has 8 heteroatoms. The molecule has 4 N–H and O–H groups in total. The second kappa shape index (κ2) is 7.28. The van der Waals surface area contributed by atoms with Crippen molar-refractivity contribution in [2.75, 3.05) is 0 Å². The first-order chi connectivity index (χ1) is 12.8. The van der Waals surface area contributed by atoms with Gasteiger partial charge in [0.25, 0.3) is 0 Å². The van der Waals surface area contributed by atoms with E-state index in [1.54, 1.807) is 6.20 Å². The van der Waals surface area contributed by atoms with Crippen LogP contribution in [0.3, 0.4) is 0 Å². The van der Waals surface area contributed by atoms with E-state index in [9.17, 15) is 24.3 Å². The lowest BCUT2D eigenvalue weighted by Gasteiger charge is -2.19. The third kappa shape index (κ3) is 3.95. The van der Waals surface area contributed by atoms with Gasteiger partial charge in [-0.25, -0.2) is 4.79 Å². The molecule has 3 rings (SSSR count). The Kier molecular flexibility index (Phi) is 4.89. The van der Waals surface area contributed by atoms with E-state index in [4.69, 9.17) is 0 Å². The number of fused-ring (bicyclic) bond motifs is 1. The lowest BCUT2D eigenvalue weighted by Crippen LogP contribution is -2.41. The minimum absolute atomic E-state index is 0.112. The Balaban J connectivity index is 1.79. The number of carbonyl (C=O) groups is 4. The Hall–Kier alpha value is -3.68. The molecule has 1 atom stereocenters. The summed E-state index contributed by atoms with van der Waals surface area (Å²) in [5, 5.41) is 15.3. The maximum atomic E-state index is 12.2. The summed E-state index contributed by atoms with van der Waals surface area (Å²) in [6.45, 7) is 1.22. The first-order valence-corrected chi connectivity index (χ1v) is 8.19. The number of carbonyl (C=O) groups excluding carboxylic acids is 3. The van der Waals surface area contributed by atoms with Gasteiger partial charge in [0, 0.05) is 42.6 Å². The minimum Gasteiger partial charge on any atom is -0.480 e. The molecule has 27 heavy (non-hydrogen) atoms. The molecule has 1 aliphatic carbocycles. The average Bonchev–Trinajstić information content (AvgIpc) is 3.01. The fourth-order valence-electron chi connectivity index (χ4n) is 2.87. The van der Waals surface area contributed by atoms with Crippen LogP contribution in [0, 0.1) is 0 Å². The molecule has 1 aromatic carbocycles. The standard InChI is InChI=1S/C19H17N3O5/c1-10(23)21-14-7-18(25)15(8-17(14)24)22-16(19(26)27)6-11-9-20-13-5-3-2-4-12(11)13/h2-5,7-9,16,20,22H,6H2,1H3,(H,21,23)(H,26,27). The number of hydrogen-bond acceptors (Lipinski definition) is 5. The van der Waals surface area contributed by atoms with Gasteiger partial charge >= 0.3 is 5.97 Å². The molecule has 1 aromatic heterocycles. The van der Waals surface area contributed by atoms with Gasteiger partial charge < -0.3 is 20.7 Å². The number of para-hydroxylation sites is 1. The molecule has 0 radical (unpaired) electrons. The maximum absolute atomic E-state index is 12.2. The van der Waals surface area contributed by atoms with Crippen LogP contribution in [0.5, 0.6) is 0 Å². The number of carboxylic acids is 1. The Morgan fingerprint density at radius 3 is 2.48 bits per heavy atom. The zero-order chi connectivity index (χ0) is 19.6. The van der Waals surface area contributed by atoms with Crippen LogP contribution in [0.25, 0.3) is 10.9 Å². The van der Waals surface area contributed by atoms with E-state index in [0.29, 0.717) is 0 Å². The van der Waals surface area contributed by atoms with Crippen molar-refractivity contribution in [1.29, 1.82) is 0 Å². The molecule has 138 valence electrons. The number of aromatic nitrogens is 1. The zero-order valence-corrected chi connectivity index (χ0v) is 14.4. The van der Waals surface area contributed by atoms with Crippen LogP contribution < -0.4 is 10.6 Å². The largest absolute Gasteiger partial charge is 0.480 e. The number of amides is 1. The molecule has 0 aliphatic heterocycles. The molecule has 0 saturated heterocycles. The topological polar surface area (TPSA) is 128 Å². The SMILES string of the molecule is CC(=O)NC1=CC(=O)C(NC(Cc2c[nH]c3ccccc23)C(=O)O)=CC1=O. The molecule has 8 nitrogen and oxygen atoms in total. The lowest BCUT2D eigenvalue weighted by molar-refractivity contribution is -0.139. The highest BCUT2D eigenvalue weighted by atomic mass is 16.4. The predicted octanol–water partition coefficient (Wildman–Crippen LogP) is 0.809. The van der Waals surface area contributed by atoms with Crippen molar-refractivity contribution < 1.29 is 24.3 Å². The monoisotopic (exact) mass is 367 g/mol. The van der Waals surface area contributed by atoms with Gasteiger partial charge in [0.2, 0.25) is 17.5 Å². The number of allylic oxidation sites excluding steroid dienone is 2. The highest BCUT2D eigenvalue weighted by Gasteiger charge is 2.26. The van der Waals surface area contributed by atoms with Crippen molar-refractivity contribution >= 4 is 34.3 Å². The third-order valence-corrected chi connectivity index (χ3v) is 4.12. The normalized spacial score (nSPS) is 15.1. The van der Waals surface area contributed by atoms with Crippen molar-refractivity contribution in [2.45, 2.75) is 19.4 Å². The van der Waals surface area contributed by atoms with E-state index in [-0.39, 0.29) is 17.8 Å². The van der Waals surface area contributed by atoms with Gasteiger partial charge in [-0.05, 0) is 11.6 Å². The summed E-state index contributed by atoms with van der Waals surface area (Å²) in [5.74, 6) is -2.79. The fraction of sp³-hybridized carbons (Fsp3) is 0.158. The zero-order valence-electron chi connectivity index (χ0n) is 14.4. The van der Waals surface area contributed by atoms with Crippen LogP contribution in [0.4, 0.5) is 0 Å². The number of aliphatic carboxylic acids is 1. The summed E-state index contributed by atoms with van der Waals surface area (Å²) >= 11 is 0. The molecule has 0 spiro atoms. The van der Waals surface area contributed by atoms with Crippen molar-refractivity contribution in [1.82, 2.24) is 15.6 Å². The molecule has 1 unspecified atom stereocenters. The smallest absolute Gasteiger partial charge is 0.326 e. The van der Waals surface area contributed by atoms with E-state index in [2.05, 4.69) is 15.6 Å². The van der Waals surface area contributed by atoms with Crippen LogP contribution >= 0.6 is 0 Å². The number of ketones is 2. The molecule has 1 amide bonds. The Morgan fingerprint density at radius 2 is 1.78 bits per heavy atom. The second-order valence-electron chi connectivity index (χ2n) is 6.12. The van der Waals surface area contributed by atoms with Gasteiger partial charge in [-0.3, -0.25) is 14.4 Å². The summed E-state index contributed by atoms with van der Waals surface area (Å²) in [6.07, 6.45) is 3.81. The van der Waals surface area contributed by atoms with Gasteiger partial charge in [-0.2, -0.15) is 0 Å². The molecule has 1 heterocycles. The lowest BCUT2D eigenvalue weighted by atomic mass is 10.0. The Labute approximate surface area is 153 Å². The molecular formula is C19H17N3O5. The van der Waals surface area contributed by atoms with E-state index >= 15 is 0 Å². The maximum Gasteiger partial charge on any atom is 0.326 e. The minimum atomic E-state index is -1.15. The van der Waals surface area contributed by atoms with E-state index < -0.39 is 29.5 Å². The van der Waals surface area contributed by atoms with Gasteiger partial charge in [-0.15, -0.1) is 0 Å². The summed E-state index contributed by atoms with van der Waals surface area (Å²) in [5.41, 5.74) is 1.39. The number of nitrogens with one attached hydrogen (secondary N) is 3. The quantitative estimate of drug-likeness (QED) is 0.559. The van der Waals surface area contributed by atoms with Crippen LogP contribution in [-0.2, 0) is 25.6 Å².